The van der Waals surface area contributed by atoms with Crippen LogP contribution in [0.2, 0.25) is 5.02 Å². The third kappa shape index (κ3) is 7.01. The van der Waals surface area contributed by atoms with Crippen LogP contribution in [0.1, 0.15) is 57.3 Å². The van der Waals surface area contributed by atoms with Gasteiger partial charge in [-0.2, -0.15) is 0 Å². The number of carboxylic acid groups (broad SMARTS) is 1. The van der Waals surface area contributed by atoms with Gasteiger partial charge in [0.25, 0.3) is 12.0 Å². The maximum absolute atomic E-state index is 13.0. The molecule has 1 aromatic carbocycles. The van der Waals surface area contributed by atoms with Gasteiger partial charge in [0.15, 0.2) is 11.4 Å². The fourth-order valence-electron chi connectivity index (χ4n) is 6.42. The average molecular weight is 651 g/mol. The number of hydrogen-bond acceptors (Lipinski definition) is 8. The van der Waals surface area contributed by atoms with Crippen molar-refractivity contribution in [2.45, 2.75) is 57.8 Å². The quantitative estimate of drug-likeness (QED) is 0.187. The molecule has 2 aliphatic heterocycles. The summed E-state index contributed by atoms with van der Waals surface area (Å²) in [6.07, 6.45) is 5.29. The molecule has 2 atom stereocenters. The number of likely N-dealkylation sites (tertiary alicyclic amines) is 1. The summed E-state index contributed by atoms with van der Waals surface area (Å²) in [5, 5.41) is 11.2. The average Bonchev–Trinajstić information content (AvgIpc) is 3.71. The number of fused-ring (bicyclic) bond motifs is 3. The zero-order chi connectivity index (χ0) is 32.8. The van der Waals surface area contributed by atoms with Crippen LogP contribution in [-0.2, 0) is 26.2 Å². The highest BCUT2D eigenvalue weighted by Crippen LogP contribution is 2.39. The molecule has 3 N–H and O–H groups in total. The van der Waals surface area contributed by atoms with E-state index in [1.165, 1.54) is 6.20 Å². The van der Waals surface area contributed by atoms with Gasteiger partial charge in [-0.1, -0.05) is 37.6 Å². The lowest BCUT2D eigenvalue weighted by atomic mass is 9.68. The Hall–Kier alpha value is -4.45. The molecule has 2 saturated heterocycles. The Kier molecular flexibility index (Phi) is 10.3. The molecule has 0 saturated carbocycles. The van der Waals surface area contributed by atoms with E-state index in [2.05, 4.69) is 29.0 Å². The first kappa shape index (κ1) is 32.9. The third-order valence-electron chi connectivity index (χ3n) is 9.18. The Bertz CT molecular complexity index is 1780. The number of aromatic amines is 1. The molecule has 2 aliphatic rings. The highest BCUT2D eigenvalue weighted by Gasteiger charge is 2.40. The predicted molar refractivity (Wildman–Crippen MR) is 175 cm³/mol. The molecule has 0 radical (unpaired) electrons. The summed E-state index contributed by atoms with van der Waals surface area (Å²) in [6, 6.07) is 9.52. The largest absolute Gasteiger partial charge is 0.483 e. The van der Waals surface area contributed by atoms with Gasteiger partial charge in [0.05, 0.1) is 11.4 Å². The molecule has 0 aliphatic carbocycles. The Morgan fingerprint density at radius 3 is 2.70 bits per heavy atom. The summed E-state index contributed by atoms with van der Waals surface area (Å²) in [4.78, 5) is 63.0. The van der Waals surface area contributed by atoms with Crippen molar-refractivity contribution in [3.63, 3.8) is 0 Å². The molecule has 5 heterocycles. The van der Waals surface area contributed by atoms with Crippen molar-refractivity contribution in [3.05, 3.63) is 63.3 Å². The number of piperidine rings is 1. The SMILES string of the molecule is C[C@H]1CN(C(=O)CCCNC(=O)Cc2nc(N3CCCC3)c3oc4ccccc4c3n2)CCC1(C)c1cc(Cl)c[nH]c1=O.O=CO. The Morgan fingerprint density at radius 2 is 1.96 bits per heavy atom. The number of benzene rings is 1. The number of nitrogens with one attached hydrogen (secondary N) is 2. The first-order chi connectivity index (χ1) is 22.1. The number of rotatable bonds is 8. The van der Waals surface area contributed by atoms with Gasteiger partial charge in [0.1, 0.15) is 16.9 Å². The number of halogens is 1. The highest BCUT2D eigenvalue weighted by atomic mass is 35.5. The molecule has 13 heteroatoms. The molecule has 2 fully saturated rings. The molecule has 244 valence electrons. The first-order valence-electron chi connectivity index (χ1n) is 15.6. The minimum absolute atomic E-state index is 0.0507. The Balaban J connectivity index is 0.00000134. The number of aromatic nitrogens is 3. The topological polar surface area (TPSA) is 162 Å². The van der Waals surface area contributed by atoms with Crippen molar-refractivity contribution < 1.29 is 23.9 Å². The van der Waals surface area contributed by atoms with Gasteiger partial charge >= 0.3 is 0 Å². The van der Waals surface area contributed by atoms with E-state index in [1.54, 1.807) is 6.07 Å². The zero-order valence-corrected chi connectivity index (χ0v) is 26.8. The van der Waals surface area contributed by atoms with Crippen LogP contribution in [0, 0.1) is 5.92 Å². The second-order valence-corrected chi connectivity index (χ2v) is 12.6. The molecule has 12 nitrogen and oxygen atoms in total. The van der Waals surface area contributed by atoms with Crippen LogP contribution in [0.15, 0.2) is 45.7 Å². The molecule has 0 spiro atoms. The molecule has 46 heavy (non-hydrogen) atoms. The van der Waals surface area contributed by atoms with Gasteiger partial charge < -0.3 is 29.6 Å². The minimum Gasteiger partial charge on any atom is -0.483 e. The highest BCUT2D eigenvalue weighted by molar-refractivity contribution is 6.30. The van der Waals surface area contributed by atoms with E-state index in [4.69, 9.17) is 35.9 Å². The number of para-hydroxylation sites is 1. The van der Waals surface area contributed by atoms with E-state index in [9.17, 15) is 14.4 Å². The van der Waals surface area contributed by atoms with Crippen LogP contribution in [0.3, 0.4) is 0 Å². The minimum atomic E-state index is -0.369. The van der Waals surface area contributed by atoms with Crippen molar-refractivity contribution in [1.29, 1.82) is 0 Å². The molecular formula is C33H39ClN6O6. The number of amides is 2. The first-order valence-corrected chi connectivity index (χ1v) is 16.0. The van der Waals surface area contributed by atoms with Crippen LogP contribution in [0.4, 0.5) is 5.82 Å². The normalized spacial score (nSPS) is 19.6. The van der Waals surface area contributed by atoms with E-state index in [1.807, 2.05) is 29.2 Å². The van der Waals surface area contributed by atoms with Crippen LogP contribution in [0.5, 0.6) is 0 Å². The monoisotopic (exact) mass is 650 g/mol. The van der Waals surface area contributed by atoms with Gasteiger partial charge in [-0.3, -0.25) is 19.2 Å². The van der Waals surface area contributed by atoms with E-state index >= 15 is 0 Å². The summed E-state index contributed by atoms with van der Waals surface area (Å²) in [5.41, 5.74) is 2.31. The smallest absolute Gasteiger partial charge is 0.290 e. The van der Waals surface area contributed by atoms with E-state index in [-0.39, 0.29) is 41.6 Å². The summed E-state index contributed by atoms with van der Waals surface area (Å²) in [6.45, 7) is 7.21. The van der Waals surface area contributed by atoms with Gasteiger partial charge in [-0.15, -0.1) is 0 Å². The van der Waals surface area contributed by atoms with Gasteiger partial charge in [-0.05, 0) is 49.8 Å². The van der Waals surface area contributed by atoms with Gasteiger partial charge in [0.2, 0.25) is 11.8 Å². The number of anilines is 1. The standard InChI is InChI=1S/C32H37ClN6O4.CH2O2/c1-20-19-39(15-11-32(20,2)23-16-21(33)18-35-31(23)42)27(41)10-7-12-34-26(40)17-25-36-28-22-8-3-4-9-24(22)43-29(28)30(37-25)38-13-5-6-14-38;2-1-3/h3-4,8-9,16,18,20H,5-7,10-15,17,19H2,1-2H3,(H,34,40)(H,35,42);1H,(H,2,3)/t20-,32?;/m0./s1. The number of pyridine rings is 1. The van der Waals surface area contributed by atoms with Crippen LogP contribution < -0.4 is 15.8 Å². The molecule has 0 bridgehead atoms. The summed E-state index contributed by atoms with van der Waals surface area (Å²) < 4.78 is 6.13. The van der Waals surface area contributed by atoms with Gasteiger partial charge in [-0.25, -0.2) is 9.97 Å². The molecule has 3 aromatic heterocycles. The fraction of sp³-hybridized carbons (Fsp3) is 0.455. The number of hydrogen-bond donors (Lipinski definition) is 3. The van der Waals surface area contributed by atoms with Crippen molar-refractivity contribution in [1.82, 2.24) is 25.2 Å². The third-order valence-corrected chi connectivity index (χ3v) is 9.40. The summed E-state index contributed by atoms with van der Waals surface area (Å²) in [5.74, 6) is 1.16. The second kappa shape index (κ2) is 14.3. The predicted octanol–water partition coefficient (Wildman–Crippen LogP) is 4.28. The van der Waals surface area contributed by atoms with Crippen molar-refractivity contribution in [3.8, 4) is 0 Å². The number of carbonyl (C=O) groups excluding carboxylic acids is 2. The fourth-order valence-corrected chi connectivity index (χ4v) is 6.58. The lowest BCUT2D eigenvalue weighted by molar-refractivity contribution is -0.134. The second-order valence-electron chi connectivity index (χ2n) is 12.1. The van der Waals surface area contributed by atoms with Crippen LogP contribution in [-0.4, -0.2) is 76.0 Å². The summed E-state index contributed by atoms with van der Waals surface area (Å²) >= 11 is 6.16. The molecule has 2 amide bonds. The van der Waals surface area contributed by atoms with E-state index < -0.39 is 0 Å². The Labute approximate surface area is 271 Å². The van der Waals surface area contributed by atoms with E-state index in [0.717, 1.165) is 48.2 Å². The van der Waals surface area contributed by atoms with Crippen LogP contribution in [0.25, 0.3) is 22.1 Å². The summed E-state index contributed by atoms with van der Waals surface area (Å²) in [7, 11) is 0. The zero-order valence-electron chi connectivity index (χ0n) is 26.1. The molecule has 1 unspecified atom stereocenters. The molecule has 4 aromatic rings. The van der Waals surface area contributed by atoms with E-state index in [0.29, 0.717) is 60.9 Å². The maximum Gasteiger partial charge on any atom is 0.290 e. The number of carbonyl (C=O) groups is 3. The molecule has 6 rings (SSSR count). The Morgan fingerprint density at radius 1 is 1.22 bits per heavy atom. The number of H-pyrrole nitrogens is 1. The van der Waals surface area contributed by atoms with Crippen molar-refractivity contribution in [2.75, 3.05) is 37.6 Å². The van der Waals surface area contributed by atoms with Crippen molar-refractivity contribution in [2.24, 2.45) is 5.92 Å². The maximum atomic E-state index is 13.0. The van der Waals surface area contributed by atoms with Gasteiger partial charge in [0, 0.05) is 61.7 Å². The number of nitrogens with zero attached hydrogens (tertiary/aromatic N) is 4. The lowest BCUT2D eigenvalue weighted by Gasteiger charge is -2.44. The van der Waals surface area contributed by atoms with Crippen LogP contribution >= 0.6 is 11.6 Å². The lowest BCUT2D eigenvalue weighted by Crippen LogP contribution is -2.51. The van der Waals surface area contributed by atoms with Crippen molar-refractivity contribution >= 4 is 57.8 Å². The number of furan rings is 1. The molecular weight excluding hydrogens is 612 g/mol.